The number of thiophene rings is 1. The topological polar surface area (TPSA) is 65.5 Å². The van der Waals surface area contributed by atoms with E-state index in [0.717, 1.165) is 25.5 Å². The van der Waals surface area contributed by atoms with Gasteiger partial charge in [0.15, 0.2) is 5.96 Å². The van der Waals surface area contributed by atoms with Gasteiger partial charge in [-0.1, -0.05) is 6.92 Å². The van der Waals surface area contributed by atoms with Gasteiger partial charge in [-0.25, -0.2) is 0 Å². The Balaban J connectivity index is 0.00000242. The average Bonchev–Trinajstić information content (AvgIpc) is 3.01. The second-order valence-electron chi connectivity index (χ2n) is 5.36. The molecule has 2 unspecified atom stereocenters. The highest BCUT2D eigenvalue weighted by Crippen LogP contribution is 2.18. The summed E-state index contributed by atoms with van der Waals surface area (Å²) in [5.74, 6) is 1.39. The first kappa shape index (κ1) is 19.2. The number of carbonyl (C=O) groups is 1. The van der Waals surface area contributed by atoms with E-state index in [9.17, 15) is 4.79 Å². The number of nitrogens with zero attached hydrogens (tertiary/aromatic N) is 1. The van der Waals surface area contributed by atoms with Crippen molar-refractivity contribution in [2.24, 2.45) is 4.99 Å². The fourth-order valence-electron chi connectivity index (χ4n) is 2.26. The number of carbonyl (C=O) groups excluding carboxylic acids is 1. The van der Waals surface area contributed by atoms with Gasteiger partial charge in [0, 0.05) is 38.0 Å². The first-order chi connectivity index (χ1) is 10.2. The lowest BCUT2D eigenvalue weighted by Gasteiger charge is -2.25. The van der Waals surface area contributed by atoms with Crippen molar-refractivity contribution < 1.29 is 4.79 Å². The summed E-state index contributed by atoms with van der Waals surface area (Å²) >= 11 is 1.72. The molecule has 0 aromatic carbocycles. The van der Waals surface area contributed by atoms with Crippen LogP contribution in [0, 0.1) is 0 Å². The molecule has 0 aliphatic carbocycles. The number of aliphatic imine (C=N–C) groups is 1. The normalized spacial score (nSPS) is 19.8. The molecular formula is C15H25IN4OS. The van der Waals surface area contributed by atoms with E-state index in [0.29, 0.717) is 18.9 Å². The number of nitrogens with one attached hydrogen (secondary N) is 3. The lowest BCUT2D eigenvalue weighted by atomic mass is 10.1. The van der Waals surface area contributed by atoms with E-state index in [1.54, 1.807) is 11.3 Å². The molecule has 1 saturated heterocycles. The molecule has 124 valence electrons. The van der Waals surface area contributed by atoms with E-state index < -0.39 is 0 Å². The van der Waals surface area contributed by atoms with Crippen molar-refractivity contribution in [2.45, 2.75) is 38.6 Å². The number of hydrogen-bond acceptors (Lipinski definition) is 3. The Kier molecular flexibility index (Phi) is 8.77. The van der Waals surface area contributed by atoms with Crippen molar-refractivity contribution in [3.8, 4) is 0 Å². The molecule has 0 saturated carbocycles. The highest BCUT2D eigenvalue weighted by atomic mass is 127. The maximum atomic E-state index is 11.2. The molecule has 2 heterocycles. The van der Waals surface area contributed by atoms with Crippen molar-refractivity contribution in [1.82, 2.24) is 16.0 Å². The smallest absolute Gasteiger partial charge is 0.220 e. The summed E-state index contributed by atoms with van der Waals surface area (Å²) in [5, 5.41) is 13.8. The second kappa shape index (κ2) is 10.0. The zero-order valence-electron chi connectivity index (χ0n) is 13.1. The zero-order valence-corrected chi connectivity index (χ0v) is 16.2. The molecule has 7 heteroatoms. The Hall–Kier alpha value is -0.830. The standard InChI is InChI=1S/C15H24N4OS.HI/c1-3-16-15(19-13-4-5-14(20)17-9-13)18-8-11(2)12-6-7-21-10-12;/h6-7,10-11,13H,3-5,8-9H2,1-2H3,(H,17,20)(H2,16,18,19);1H. The summed E-state index contributed by atoms with van der Waals surface area (Å²) in [5.41, 5.74) is 1.34. The number of amides is 1. The minimum atomic E-state index is 0. The summed E-state index contributed by atoms with van der Waals surface area (Å²) in [6.45, 7) is 6.50. The minimum Gasteiger partial charge on any atom is -0.357 e. The third kappa shape index (κ3) is 6.12. The summed E-state index contributed by atoms with van der Waals surface area (Å²) in [6.07, 6.45) is 1.44. The maximum absolute atomic E-state index is 11.2. The summed E-state index contributed by atoms with van der Waals surface area (Å²) < 4.78 is 0. The Morgan fingerprint density at radius 3 is 3.00 bits per heavy atom. The van der Waals surface area contributed by atoms with Crippen LogP contribution >= 0.6 is 35.3 Å². The van der Waals surface area contributed by atoms with Gasteiger partial charge in [-0.05, 0) is 35.7 Å². The zero-order chi connectivity index (χ0) is 15.1. The number of rotatable bonds is 5. The van der Waals surface area contributed by atoms with E-state index >= 15 is 0 Å². The highest BCUT2D eigenvalue weighted by Gasteiger charge is 2.18. The third-order valence-corrected chi connectivity index (χ3v) is 4.29. The highest BCUT2D eigenvalue weighted by molar-refractivity contribution is 14.0. The Morgan fingerprint density at radius 2 is 2.41 bits per heavy atom. The van der Waals surface area contributed by atoms with Crippen molar-refractivity contribution in [2.75, 3.05) is 19.6 Å². The van der Waals surface area contributed by atoms with Gasteiger partial charge < -0.3 is 16.0 Å². The summed E-state index contributed by atoms with van der Waals surface area (Å²) in [4.78, 5) is 15.9. The van der Waals surface area contributed by atoms with Crippen LogP contribution < -0.4 is 16.0 Å². The van der Waals surface area contributed by atoms with Crippen LogP contribution in [0.3, 0.4) is 0 Å². The molecule has 0 bridgehead atoms. The molecule has 0 radical (unpaired) electrons. The molecule has 1 fully saturated rings. The van der Waals surface area contributed by atoms with Crippen LogP contribution in [0.2, 0.25) is 0 Å². The van der Waals surface area contributed by atoms with Crippen molar-refractivity contribution in [3.63, 3.8) is 0 Å². The molecular weight excluding hydrogens is 411 g/mol. The molecule has 1 amide bonds. The first-order valence-electron chi connectivity index (χ1n) is 7.52. The Bertz CT molecular complexity index is 468. The Morgan fingerprint density at radius 1 is 1.59 bits per heavy atom. The van der Waals surface area contributed by atoms with Gasteiger partial charge in [-0.15, -0.1) is 24.0 Å². The molecule has 0 spiro atoms. The van der Waals surface area contributed by atoms with E-state index in [2.05, 4.69) is 51.6 Å². The quantitative estimate of drug-likeness (QED) is 0.377. The molecule has 1 aliphatic rings. The molecule has 22 heavy (non-hydrogen) atoms. The van der Waals surface area contributed by atoms with Crippen LogP contribution in [-0.2, 0) is 4.79 Å². The SMILES string of the molecule is CCNC(=NCC(C)c1ccsc1)NC1CCC(=O)NC1.I. The number of halogens is 1. The number of piperidine rings is 1. The molecule has 1 aromatic heterocycles. The first-order valence-corrected chi connectivity index (χ1v) is 8.47. The minimum absolute atomic E-state index is 0. The molecule has 1 aliphatic heterocycles. The molecule has 2 atom stereocenters. The van der Waals surface area contributed by atoms with E-state index in [-0.39, 0.29) is 35.9 Å². The molecule has 5 nitrogen and oxygen atoms in total. The predicted molar refractivity (Wildman–Crippen MR) is 103 cm³/mol. The third-order valence-electron chi connectivity index (χ3n) is 3.59. The maximum Gasteiger partial charge on any atom is 0.220 e. The lowest BCUT2D eigenvalue weighted by molar-refractivity contribution is -0.122. The van der Waals surface area contributed by atoms with E-state index in [4.69, 9.17) is 0 Å². The average molecular weight is 436 g/mol. The van der Waals surface area contributed by atoms with Crippen molar-refractivity contribution in [3.05, 3.63) is 22.4 Å². The monoisotopic (exact) mass is 436 g/mol. The van der Waals surface area contributed by atoms with Crippen LogP contribution in [0.15, 0.2) is 21.8 Å². The molecule has 1 aromatic rings. The van der Waals surface area contributed by atoms with Gasteiger partial charge in [0.2, 0.25) is 5.91 Å². The van der Waals surface area contributed by atoms with Gasteiger partial charge in [0.05, 0.1) is 0 Å². The fourth-order valence-corrected chi connectivity index (χ4v) is 3.04. The van der Waals surface area contributed by atoms with Crippen LogP contribution in [-0.4, -0.2) is 37.5 Å². The van der Waals surface area contributed by atoms with Gasteiger partial charge >= 0.3 is 0 Å². The largest absolute Gasteiger partial charge is 0.357 e. The van der Waals surface area contributed by atoms with E-state index in [1.807, 2.05) is 0 Å². The second-order valence-corrected chi connectivity index (χ2v) is 6.14. The van der Waals surface area contributed by atoms with Crippen LogP contribution in [0.25, 0.3) is 0 Å². The van der Waals surface area contributed by atoms with E-state index in [1.165, 1.54) is 5.56 Å². The molecule has 3 N–H and O–H groups in total. The van der Waals surface area contributed by atoms with Gasteiger partial charge in [0.1, 0.15) is 0 Å². The van der Waals surface area contributed by atoms with Crippen LogP contribution in [0.4, 0.5) is 0 Å². The Labute approximate surface area is 153 Å². The fraction of sp³-hybridized carbons (Fsp3) is 0.600. The van der Waals surface area contributed by atoms with Crippen LogP contribution in [0.5, 0.6) is 0 Å². The summed E-state index contributed by atoms with van der Waals surface area (Å²) in [7, 11) is 0. The predicted octanol–water partition coefficient (Wildman–Crippen LogP) is 2.30. The van der Waals surface area contributed by atoms with Gasteiger partial charge in [-0.2, -0.15) is 11.3 Å². The van der Waals surface area contributed by atoms with Crippen molar-refractivity contribution in [1.29, 1.82) is 0 Å². The van der Waals surface area contributed by atoms with Crippen molar-refractivity contribution >= 4 is 47.2 Å². The lowest BCUT2D eigenvalue weighted by Crippen LogP contribution is -2.51. The van der Waals surface area contributed by atoms with Crippen LogP contribution in [0.1, 0.15) is 38.2 Å². The summed E-state index contributed by atoms with van der Waals surface area (Å²) in [6, 6.07) is 2.42. The van der Waals surface area contributed by atoms with Gasteiger partial charge in [0.25, 0.3) is 0 Å². The number of hydrogen-bond donors (Lipinski definition) is 3. The molecule has 2 rings (SSSR count). The van der Waals surface area contributed by atoms with Gasteiger partial charge in [-0.3, -0.25) is 9.79 Å². The number of guanidine groups is 1.